The van der Waals surface area contributed by atoms with E-state index in [0.717, 1.165) is 22.6 Å². The first-order valence-electron chi connectivity index (χ1n) is 7.28. The second-order valence-electron chi connectivity index (χ2n) is 5.45. The van der Waals surface area contributed by atoms with Gasteiger partial charge in [-0.3, -0.25) is 4.79 Å². The van der Waals surface area contributed by atoms with E-state index < -0.39 is 0 Å². The van der Waals surface area contributed by atoms with Crippen molar-refractivity contribution in [2.24, 2.45) is 0 Å². The molecule has 1 heterocycles. The summed E-state index contributed by atoms with van der Waals surface area (Å²) >= 11 is 0. The highest BCUT2D eigenvalue weighted by atomic mass is 16.5. The van der Waals surface area contributed by atoms with E-state index in [1.54, 1.807) is 12.0 Å². The van der Waals surface area contributed by atoms with Crippen molar-refractivity contribution in [3.05, 3.63) is 59.7 Å². The fraction of sp³-hybridized carbons (Fsp3) is 0.278. The van der Waals surface area contributed by atoms with E-state index in [0.29, 0.717) is 13.2 Å². The van der Waals surface area contributed by atoms with E-state index in [-0.39, 0.29) is 11.8 Å². The molecule has 0 bridgehead atoms. The van der Waals surface area contributed by atoms with Crippen LogP contribution in [0.1, 0.15) is 17.0 Å². The molecule has 0 spiro atoms. The first-order valence-corrected chi connectivity index (χ1v) is 7.28. The first kappa shape index (κ1) is 14.4. The highest BCUT2D eigenvalue weighted by Crippen LogP contribution is 2.34. The summed E-state index contributed by atoms with van der Waals surface area (Å²) in [5, 5.41) is 0. The Bertz CT molecular complexity index is 684. The Morgan fingerprint density at radius 3 is 2.91 bits per heavy atom. The molecule has 0 aromatic heterocycles. The van der Waals surface area contributed by atoms with Crippen molar-refractivity contribution in [1.82, 2.24) is 4.90 Å². The summed E-state index contributed by atoms with van der Waals surface area (Å²) in [6, 6.07) is 15.5. The third-order valence-corrected chi connectivity index (χ3v) is 3.93. The van der Waals surface area contributed by atoms with Crippen LogP contribution < -0.4 is 9.47 Å². The third-order valence-electron chi connectivity index (χ3n) is 3.93. The van der Waals surface area contributed by atoms with Gasteiger partial charge in [-0.05, 0) is 23.8 Å². The maximum absolute atomic E-state index is 12.7. The van der Waals surface area contributed by atoms with Gasteiger partial charge in [0.2, 0.25) is 5.91 Å². The van der Waals surface area contributed by atoms with E-state index in [1.807, 2.05) is 55.6 Å². The SMILES string of the molecule is COc1cccc(CN(C)C(=O)[C@H]2COc3ccccc32)c1. The molecule has 0 N–H and O–H groups in total. The number of carbonyl (C=O) groups is 1. The normalized spacial score (nSPS) is 15.8. The number of rotatable bonds is 4. The van der Waals surface area contributed by atoms with Crippen molar-refractivity contribution < 1.29 is 14.3 Å². The summed E-state index contributed by atoms with van der Waals surface area (Å²) in [7, 11) is 3.46. The quantitative estimate of drug-likeness (QED) is 0.871. The van der Waals surface area contributed by atoms with Gasteiger partial charge in [-0.2, -0.15) is 0 Å². The predicted molar refractivity (Wildman–Crippen MR) is 84.1 cm³/mol. The zero-order valence-electron chi connectivity index (χ0n) is 12.8. The number of benzene rings is 2. The fourth-order valence-corrected chi connectivity index (χ4v) is 2.76. The molecule has 0 fully saturated rings. The monoisotopic (exact) mass is 297 g/mol. The number of ether oxygens (including phenoxy) is 2. The second kappa shape index (κ2) is 6.10. The summed E-state index contributed by atoms with van der Waals surface area (Å²) in [4.78, 5) is 14.4. The molecule has 0 saturated heterocycles. The van der Waals surface area contributed by atoms with Gasteiger partial charge in [-0.25, -0.2) is 0 Å². The van der Waals surface area contributed by atoms with E-state index in [9.17, 15) is 4.79 Å². The van der Waals surface area contributed by atoms with E-state index >= 15 is 0 Å². The largest absolute Gasteiger partial charge is 0.497 e. The molecule has 0 aliphatic carbocycles. The smallest absolute Gasteiger partial charge is 0.233 e. The van der Waals surface area contributed by atoms with Crippen LogP contribution in [0.25, 0.3) is 0 Å². The minimum absolute atomic E-state index is 0.0766. The van der Waals surface area contributed by atoms with Crippen LogP contribution in [0.5, 0.6) is 11.5 Å². The zero-order chi connectivity index (χ0) is 15.5. The minimum Gasteiger partial charge on any atom is -0.497 e. The van der Waals surface area contributed by atoms with Gasteiger partial charge in [0, 0.05) is 19.2 Å². The summed E-state index contributed by atoms with van der Waals surface area (Å²) in [6.45, 7) is 0.968. The summed E-state index contributed by atoms with van der Waals surface area (Å²) in [5.41, 5.74) is 2.02. The Kier molecular flexibility index (Phi) is 4.00. The van der Waals surface area contributed by atoms with Crippen molar-refractivity contribution in [3.63, 3.8) is 0 Å². The fourth-order valence-electron chi connectivity index (χ4n) is 2.76. The lowest BCUT2D eigenvalue weighted by Crippen LogP contribution is -2.32. The van der Waals surface area contributed by atoms with E-state index in [4.69, 9.17) is 9.47 Å². The Labute approximate surface area is 130 Å². The van der Waals surface area contributed by atoms with Crippen LogP contribution in [0.3, 0.4) is 0 Å². The van der Waals surface area contributed by atoms with Gasteiger partial charge in [0.15, 0.2) is 0 Å². The number of fused-ring (bicyclic) bond motifs is 1. The molecule has 0 saturated carbocycles. The molecule has 22 heavy (non-hydrogen) atoms. The highest BCUT2D eigenvalue weighted by molar-refractivity contribution is 5.85. The Balaban J connectivity index is 1.73. The van der Waals surface area contributed by atoms with Crippen molar-refractivity contribution in [2.45, 2.75) is 12.5 Å². The van der Waals surface area contributed by atoms with Crippen LogP contribution in [-0.4, -0.2) is 31.6 Å². The number of likely N-dealkylation sites (N-methyl/N-ethyl adjacent to an activating group) is 1. The van der Waals surface area contributed by atoms with Gasteiger partial charge in [0.1, 0.15) is 24.0 Å². The molecule has 4 heteroatoms. The van der Waals surface area contributed by atoms with Gasteiger partial charge < -0.3 is 14.4 Å². The predicted octanol–water partition coefficient (Wildman–Crippen LogP) is 2.83. The van der Waals surface area contributed by atoms with Crippen LogP contribution >= 0.6 is 0 Å². The number of hydrogen-bond acceptors (Lipinski definition) is 3. The molecule has 0 radical (unpaired) electrons. The molecule has 1 amide bonds. The lowest BCUT2D eigenvalue weighted by Gasteiger charge is -2.21. The Morgan fingerprint density at radius 1 is 1.27 bits per heavy atom. The molecule has 0 unspecified atom stereocenters. The topological polar surface area (TPSA) is 38.8 Å². The highest BCUT2D eigenvalue weighted by Gasteiger charge is 2.31. The van der Waals surface area contributed by atoms with Gasteiger partial charge >= 0.3 is 0 Å². The minimum atomic E-state index is -0.216. The van der Waals surface area contributed by atoms with Crippen molar-refractivity contribution >= 4 is 5.91 Å². The molecule has 114 valence electrons. The summed E-state index contributed by atoms with van der Waals surface area (Å²) in [5.74, 6) is 1.48. The van der Waals surface area contributed by atoms with Crippen LogP contribution in [0.2, 0.25) is 0 Å². The third kappa shape index (κ3) is 2.77. The first-order chi connectivity index (χ1) is 10.7. The summed E-state index contributed by atoms with van der Waals surface area (Å²) in [6.07, 6.45) is 0. The standard InChI is InChI=1S/C18H19NO3/c1-19(11-13-6-5-7-14(10-13)21-2)18(20)16-12-22-17-9-4-3-8-15(16)17/h3-10,16H,11-12H2,1-2H3/t16-/m0/s1. The van der Waals surface area contributed by atoms with E-state index in [1.165, 1.54) is 0 Å². The van der Waals surface area contributed by atoms with Gasteiger partial charge in [-0.1, -0.05) is 30.3 Å². The number of para-hydroxylation sites is 1. The molecule has 2 aromatic rings. The number of nitrogens with zero attached hydrogens (tertiary/aromatic N) is 1. The summed E-state index contributed by atoms with van der Waals surface area (Å²) < 4.78 is 10.8. The van der Waals surface area contributed by atoms with Crippen LogP contribution in [-0.2, 0) is 11.3 Å². The van der Waals surface area contributed by atoms with Gasteiger partial charge in [0.05, 0.1) is 7.11 Å². The lowest BCUT2D eigenvalue weighted by atomic mass is 10.00. The molecule has 1 atom stereocenters. The van der Waals surface area contributed by atoms with Crippen molar-refractivity contribution in [1.29, 1.82) is 0 Å². The Morgan fingerprint density at radius 2 is 2.09 bits per heavy atom. The zero-order valence-corrected chi connectivity index (χ0v) is 12.8. The van der Waals surface area contributed by atoms with E-state index in [2.05, 4.69) is 0 Å². The molecule has 4 nitrogen and oxygen atoms in total. The van der Waals surface area contributed by atoms with Crippen LogP contribution in [0.4, 0.5) is 0 Å². The number of carbonyl (C=O) groups excluding carboxylic acids is 1. The molecular weight excluding hydrogens is 278 g/mol. The molecule has 1 aliphatic rings. The molecule has 3 rings (SSSR count). The number of methoxy groups -OCH3 is 1. The Hall–Kier alpha value is -2.49. The number of amides is 1. The average Bonchev–Trinajstić information content (AvgIpc) is 2.98. The van der Waals surface area contributed by atoms with Crippen LogP contribution in [0.15, 0.2) is 48.5 Å². The maximum atomic E-state index is 12.7. The number of hydrogen-bond donors (Lipinski definition) is 0. The van der Waals surface area contributed by atoms with Gasteiger partial charge in [0.25, 0.3) is 0 Å². The maximum Gasteiger partial charge on any atom is 0.233 e. The van der Waals surface area contributed by atoms with Crippen molar-refractivity contribution in [3.8, 4) is 11.5 Å². The van der Waals surface area contributed by atoms with Gasteiger partial charge in [-0.15, -0.1) is 0 Å². The molecule has 2 aromatic carbocycles. The lowest BCUT2D eigenvalue weighted by molar-refractivity contribution is -0.132. The molecular formula is C18H19NO3. The average molecular weight is 297 g/mol. The second-order valence-corrected chi connectivity index (χ2v) is 5.45. The molecule has 1 aliphatic heterocycles. The van der Waals surface area contributed by atoms with Crippen molar-refractivity contribution in [2.75, 3.05) is 20.8 Å². The van der Waals surface area contributed by atoms with Crippen LogP contribution in [0, 0.1) is 0 Å².